The van der Waals surface area contributed by atoms with Crippen molar-refractivity contribution in [3.8, 4) is 0 Å². The number of imidazole rings is 1. The maximum absolute atomic E-state index is 13.9. The van der Waals surface area contributed by atoms with Crippen LogP contribution in [-0.2, 0) is 6.54 Å². The molecule has 20 heavy (non-hydrogen) atoms. The predicted octanol–water partition coefficient (Wildman–Crippen LogP) is 4.00. The predicted molar refractivity (Wildman–Crippen MR) is 67.0 cm³/mol. The van der Waals surface area contributed by atoms with Gasteiger partial charge in [0.1, 0.15) is 0 Å². The summed E-state index contributed by atoms with van der Waals surface area (Å²) in [5, 5.41) is 0. The lowest BCUT2D eigenvalue weighted by molar-refractivity contribution is 0.414. The van der Waals surface area contributed by atoms with E-state index >= 15 is 0 Å². The SMILES string of the molecule is C[C@H]1c2c[nH]c(=S)n2C[C@H]1c1c(F)c(F)cc(F)c1F. The molecule has 3 rings (SSSR count). The van der Waals surface area contributed by atoms with E-state index in [4.69, 9.17) is 12.2 Å². The van der Waals surface area contributed by atoms with Gasteiger partial charge in [0.25, 0.3) is 0 Å². The van der Waals surface area contributed by atoms with Crippen molar-refractivity contribution in [2.75, 3.05) is 0 Å². The van der Waals surface area contributed by atoms with Crippen molar-refractivity contribution >= 4 is 12.2 Å². The second-order valence-corrected chi connectivity index (χ2v) is 5.29. The van der Waals surface area contributed by atoms with E-state index in [1.165, 1.54) is 0 Å². The van der Waals surface area contributed by atoms with Crippen molar-refractivity contribution in [1.82, 2.24) is 9.55 Å². The highest BCUT2D eigenvalue weighted by molar-refractivity contribution is 7.71. The first-order valence-electron chi connectivity index (χ1n) is 6.02. The molecule has 0 unspecified atom stereocenters. The lowest BCUT2D eigenvalue weighted by atomic mass is 9.87. The van der Waals surface area contributed by atoms with Crippen LogP contribution in [0.1, 0.15) is 30.0 Å². The average molecular weight is 302 g/mol. The number of aromatic amines is 1. The average Bonchev–Trinajstić information content (AvgIpc) is 2.91. The summed E-state index contributed by atoms with van der Waals surface area (Å²) in [6.07, 6.45) is 1.65. The van der Waals surface area contributed by atoms with Gasteiger partial charge < -0.3 is 9.55 Å². The van der Waals surface area contributed by atoms with E-state index < -0.39 is 34.8 Å². The molecule has 1 aromatic heterocycles. The molecule has 0 radical (unpaired) electrons. The van der Waals surface area contributed by atoms with Crippen molar-refractivity contribution in [3.63, 3.8) is 0 Å². The lowest BCUT2D eigenvalue weighted by Gasteiger charge is -2.17. The maximum Gasteiger partial charge on any atom is 0.177 e. The summed E-state index contributed by atoms with van der Waals surface area (Å²) in [5.41, 5.74) is 0.219. The second-order valence-electron chi connectivity index (χ2n) is 4.91. The molecule has 2 aromatic rings. The van der Waals surface area contributed by atoms with E-state index in [0.717, 1.165) is 5.69 Å². The van der Waals surface area contributed by atoms with E-state index in [0.29, 0.717) is 4.77 Å². The van der Waals surface area contributed by atoms with Crippen LogP contribution in [0.4, 0.5) is 17.6 Å². The summed E-state index contributed by atoms with van der Waals surface area (Å²) in [6, 6.07) is 0.223. The van der Waals surface area contributed by atoms with Gasteiger partial charge in [-0.05, 0) is 12.2 Å². The van der Waals surface area contributed by atoms with Crippen LogP contribution < -0.4 is 0 Å². The summed E-state index contributed by atoms with van der Waals surface area (Å²) in [5.74, 6) is -6.41. The molecule has 1 N–H and O–H groups in total. The Morgan fingerprint density at radius 3 is 2.35 bits per heavy atom. The number of nitrogens with one attached hydrogen (secondary N) is 1. The Labute approximate surface area is 117 Å². The van der Waals surface area contributed by atoms with Gasteiger partial charge >= 0.3 is 0 Å². The Bertz CT molecular complexity index is 723. The number of benzene rings is 1. The molecule has 2 atom stereocenters. The van der Waals surface area contributed by atoms with Crippen molar-refractivity contribution < 1.29 is 17.6 Å². The molecule has 106 valence electrons. The molecule has 2 heterocycles. The fraction of sp³-hybridized carbons (Fsp3) is 0.308. The fourth-order valence-electron chi connectivity index (χ4n) is 2.79. The number of H-pyrrole nitrogens is 1. The van der Waals surface area contributed by atoms with Crippen molar-refractivity contribution in [2.24, 2.45) is 0 Å². The largest absolute Gasteiger partial charge is 0.337 e. The fourth-order valence-corrected chi connectivity index (χ4v) is 3.03. The van der Waals surface area contributed by atoms with Crippen LogP contribution in [0, 0.1) is 28.0 Å². The van der Waals surface area contributed by atoms with E-state index in [9.17, 15) is 17.6 Å². The summed E-state index contributed by atoms with van der Waals surface area (Å²) < 4.78 is 56.5. The Hall–Kier alpha value is -1.63. The van der Waals surface area contributed by atoms with E-state index in [1.54, 1.807) is 17.7 Å². The quantitative estimate of drug-likeness (QED) is 0.480. The monoisotopic (exact) mass is 302 g/mol. The van der Waals surface area contributed by atoms with Crippen molar-refractivity contribution in [2.45, 2.75) is 25.3 Å². The number of halogens is 4. The molecule has 0 saturated heterocycles. The molecule has 0 bridgehead atoms. The number of hydrogen-bond acceptors (Lipinski definition) is 1. The smallest absolute Gasteiger partial charge is 0.177 e. The molecule has 1 aliphatic rings. The van der Waals surface area contributed by atoms with Gasteiger partial charge in [-0.15, -0.1) is 0 Å². The standard InChI is InChI=1S/C13H10F4N2S/c1-5-6(4-19-9(5)3-18-13(19)20)10-11(16)7(14)2-8(15)12(10)17/h2-3,5-6H,4H2,1H3,(H,18,20)/t5-,6-/m1/s1. The molecule has 0 amide bonds. The molecule has 0 fully saturated rings. The second kappa shape index (κ2) is 4.44. The van der Waals surface area contributed by atoms with Gasteiger partial charge in [0, 0.05) is 41.9 Å². The summed E-state index contributed by atoms with van der Waals surface area (Å²) in [4.78, 5) is 2.84. The normalized spacial score (nSPS) is 21.2. The molecule has 0 saturated carbocycles. The highest BCUT2D eigenvalue weighted by Gasteiger charge is 2.36. The minimum atomic E-state index is -1.38. The van der Waals surface area contributed by atoms with Crippen LogP contribution in [-0.4, -0.2) is 9.55 Å². The number of nitrogens with zero attached hydrogens (tertiary/aromatic N) is 1. The highest BCUT2D eigenvalue weighted by Crippen LogP contribution is 2.42. The number of rotatable bonds is 1. The van der Waals surface area contributed by atoms with Gasteiger partial charge in [0.15, 0.2) is 28.0 Å². The third-order valence-corrected chi connectivity index (χ3v) is 4.20. The first-order chi connectivity index (χ1) is 9.41. The van der Waals surface area contributed by atoms with Crippen LogP contribution >= 0.6 is 12.2 Å². The van der Waals surface area contributed by atoms with Gasteiger partial charge in [-0.3, -0.25) is 0 Å². The number of fused-ring (bicyclic) bond motifs is 1. The van der Waals surface area contributed by atoms with Crippen LogP contribution in [0.5, 0.6) is 0 Å². The van der Waals surface area contributed by atoms with Gasteiger partial charge in [-0.25, -0.2) is 17.6 Å². The zero-order chi connectivity index (χ0) is 14.6. The lowest BCUT2D eigenvalue weighted by Crippen LogP contribution is -2.12. The number of hydrogen-bond donors (Lipinski definition) is 1. The van der Waals surface area contributed by atoms with E-state index in [1.807, 2.05) is 0 Å². The van der Waals surface area contributed by atoms with Crippen LogP contribution in [0.15, 0.2) is 12.3 Å². The topological polar surface area (TPSA) is 20.7 Å². The Balaban J connectivity index is 2.15. The highest BCUT2D eigenvalue weighted by atomic mass is 32.1. The van der Waals surface area contributed by atoms with Gasteiger partial charge in [0.05, 0.1) is 0 Å². The minimum absolute atomic E-state index is 0.190. The van der Waals surface area contributed by atoms with Gasteiger partial charge in [-0.2, -0.15) is 0 Å². The Morgan fingerprint density at radius 2 is 1.80 bits per heavy atom. The summed E-state index contributed by atoms with van der Waals surface area (Å²) in [7, 11) is 0. The first kappa shape index (κ1) is 13.4. The third kappa shape index (κ3) is 1.72. The van der Waals surface area contributed by atoms with Gasteiger partial charge in [-0.1, -0.05) is 6.92 Å². The van der Waals surface area contributed by atoms with Crippen LogP contribution in [0.3, 0.4) is 0 Å². The van der Waals surface area contributed by atoms with Crippen molar-refractivity contribution in [3.05, 3.63) is 51.6 Å². The molecule has 7 heteroatoms. The van der Waals surface area contributed by atoms with Crippen LogP contribution in [0.2, 0.25) is 0 Å². The zero-order valence-corrected chi connectivity index (χ0v) is 11.2. The molecular formula is C13H10F4N2S. The molecule has 0 aliphatic carbocycles. The molecule has 1 aromatic carbocycles. The minimum Gasteiger partial charge on any atom is -0.337 e. The summed E-state index contributed by atoms with van der Waals surface area (Å²) >= 11 is 5.06. The maximum atomic E-state index is 13.9. The van der Waals surface area contributed by atoms with E-state index in [-0.39, 0.29) is 18.5 Å². The zero-order valence-electron chi connectivity index (χ0n) is 10.4. The first-order valence-corrected chi connectivity index (χ1v) is 6.43. The molecular weight excluding hydrogens is 292 g/mol. The summed E-state index contributed by atoms with van der Waals surface area (Å²) in [6.45, 7) is 1.93. The molecule has 0 spiro atoms. The molecule has 2 nitrogen and oxygen atoms in total. The van der Waals surface area contributed by atoms with Crippen molar-refractivity contribution in [1.29, 1.82) is 0 Å². The Morgan fingerprint density at radius 1 is 1.20 bits per heavy atom. The van der Waals surface area contributed by atoms with Gasteiger partial charge in [0.2, 0.25) is 0 Å². The number of aromatic nitrogens is 2. The third-order valence-electron chi connectivity index (χ3n) is 3.87. The van der Waals surface area contributed by atoms with E-state index in [2.05, 4.69) is 4.98 Å². The Kier molecular flexibility index (Phi) is 2.97. The molecule has 1 aliphatic heterocycles. The van der Waals surface area contributed by atoms with Crippen LogP contribution in [0.25, 0.3) is 0 Å².